The van der Waals surface area contributed by atoms with Crippen LogP contribution in [0.2, 0.25) is 0 Å². The summed E-state index contributed by atoms with van der Waals surface area (Å²) in [5.41, 5.74) is 0.0360. The first-order chi connectivity index (χ1) is 21.1. The lowest BCUT2D eigenvalue weighted by molar-refractivity contribution is -0.131. The number of likely N-dealkylation sites (N-methyl/N-ethyl adjacent to an activating group) is 2. The lowest BCUT2D eigenvalue weighted by Crippen LogP contribution is -2.35. The zero-order chi connectivity index (χ0) is 32.0. The molecule has 4 aromatic rings. The molecule has 0 bridgehead atoms. The van der Waals surface area contributed by atoms with Crippen molar-refractivity contribution in [1.29, 1.82) is 0 Å². The summed E-state index contributed by atoms with van der Waals surface area (Å²) in [5, 5.41) is 11.1. The van der Waals surface area contributed by atoms with E-state index in [2.05, 4.69) is 9.97 Å². The number of aromatic hydroxyl groups is 1. The molecular weight excluding hydrogens is 606 g/mol. The van der Waals surface area contributed by atoms with Gasteiger partial charge in [0.05, 0.1) is 4.90 Å². The van der Waals surface area contributed by atoms with Crippen LogP contribution in [0.15, 0.2) is 46.5 Å². The summed E-state index contributed by atoms with van der Waals surface area (Å²) in [6.45, 7) is 9.03. The highest BCUT2D eigenvalue weighted by molar-refractivity contribution is 7.82. The first-order valence-corrected chi connectivity index (χ1v) is 16.6. The lowest BCUT2D eigenvalue weighted by Gasteiger charge is -2.22. The van der Waals surface area contributed by atoms with Crippen molar-refractivity contribution in [3.05, 3.63) is 63.4 Å². The molecule has 0 aliphatic rings. The number of hydrogen-bond donors (Lipinski definition) is 1. The van der Waals surface area contributed by atoms with Crippen LogP contribution in [-0.2, 0) is 28.7 Å². The summed E-state index contributed by atoms with van der Waals surface area (Å²) >= 11 is 1.23. The monoisotopic (exact) mass is 645 g/mol. The zero-order valence-corrected chi connectivity index (χ0v) is 27.5. The van der Waals surface area contributed by atoms with E-state index < -0.39 is 28.1 Å². The third kappa shape index (κ3) is 7.60. The maximum atomic E-state index is 14.3. The molecule has 1 aromatic carbocycles. The maximum Gasteiger partial charge on any atom is 0.302 e. The number of aromatic nitrogens is 4. The molecule has 1 N–H and O–H groups in total. The number of rotatable bonds is 15. The Hall–Kier alpha value is -3.46. The van der Waals surface area contributed by atoms with Crippen molar-refractivity contribution >= 4 is 34.0 Å². The Kier molecular flexibility index (Phi) is 11.4. The van der Waals surface area contributed by atoms with E-state index in [0.717, 1.165) is 17.7 Å². The fourth-order valence-corrected chi connectivity index (χ4v) is 7.08. The van der Waals surface area contributed by atoms with E-state index >= 15 is 0 Å². The molecule has 1 atom stereocenters. The smallest absolute Gasteiger partial charge is 0.302 e. The number of benzene rings is 1. The average molecular weight is 646 g/mol. The minimum absolute atomic E-state index is 0.00405. The standard InChI is InChI=1S/C30H40FN7O4S2/c1-6-11-35(12-7-2)25(39)20-36-14-16-38-29(41)27(40)26(33-30(36)38)28-32-19-23(43-28)17-21-9-10-22(31)18-24(21)44(42)37(8-3)15-13-34(4)5/h9-10,14,16,18-19,40H,6-8,11-13,15,17,20H2,1-5H3. The number of thiazole rings is 1. The maximum absolute atomic E-state index is 14.3. The van der Waals surface area contributed by atoms with Crippen LogP contribution < -0.4 is 5.56 Å². The Bertz CT molecular complexity index is 1680. The van der Waals surface area contributed by atoms with Crippen LogP contribution in [-0.4, -0.2) is 95.1 Å². The summed E-state index contributed by atoms with van der Waals surface area (Å²) in [6, 6.07) is 4.28. The summed E-state index contributed by atoms with van der Waals surface area (Å²) in [6.07, 6.45) is 6.68. The molecule has 3 aromatic heterocycles. The second-order valence-electron chi connectivity index (χ2n) is 10.7. The van der Waals surface area contributed by atoms with Gasteiger partial charge in [-0.25, -0.2) is 27.3 Å². The van der Waals surface area contributed by atoms with Gasteiger partial charge in [-0.15, -0.1) is 11.3 Å². The van der Waals surface area contributed by atoms with E-state index in [1.54, 1.807) is 32.2 Å². The Labute approximate surface area is 263 Å². The van der Waals surface area contributed by atoms with Crippen molar-refractivity contribution in [3.8, 4) is 16.5 Å². The molecule has 238 valence electrons. The second kappa shape index (κ2) is 15.0. The van der Waals surface area contributed by atoms with Crippen LogP contribution in [0, 0.1) is 5.82 Å². The first kappa shape index (κ1) is 33.4. The van der Waals surface area contributed by atoms with Crippen molar-refractivity contribution in [1.82, 2.24) is 33.0 Å². The molecule has 0 spiro atoms. The van der Waals surface area contributed by atoms with Crippen LogP contribution in [0.5, 0.6) is 5.75 Å². The van der Waals surface area contributed by atoms with Gasteiger partial charge in [0.1, 0.15) is 28.4 Å². The van der Waals surface area contributed by atoms with E-state index in [-0.39, 0.29) is 23.9 Å². The molecule has 0 radical (unpaired) electrons. The van der Waals surface area contributed by atoms with Gasteiger partial charge in [-0.2, -0.15) is 0 Å². The lowest BCUT2D eigenvalue weighted by atomic mass is 10.1. The first-order valence-electron chi connectivity index (χ1n) is 14.7. The Morgan fingerprint density at radius 1 is 1.09 bits per heavy atom. The molecule has 0 aliphatic carbocycles. The molecule has 3 heterocycles. The molecule has 4 rings (SSSR count). The van der Waals surface area contributed by atoms with Gasteiger partial charge in [0, 0.05) is 62.6 Å². The van der Waals surface area contributed by atoms with Crippen LogP contribution in [0.1, 0.15) is 44.1 Å². The summed E-state index contributed by atoms with van der Waals surface area (Å²) in [4.78, 5) is 40.0. The molecule has 0 aliphatic heterocycles. The Morgan fingerprint density at radius 3 is 2.48 bits per heavy atom. The molecule has 44 heavy (non-hydrogen) atoms. The average Bonchev–Trinajstić information content (AvgIpc) is 3.62. The number of amides is 1. The quantitative estimate of drug-likeness (QED) is 0.210. The van der Waals surface area contributed by atoms with Crippen LogP contribution in [0.25, 0.3) is 16.5 Å². The van der Waals surface area contributed by atoms with Gasteiger partial charge in [0.2, 0.25) is 17.4 Å². The van der Waals surface area contributed by atoms with Crippen molar-refractivity contribution in [3.63, 3.8) is 0 Å². The van der Waals surface area contributed by atoms with Crippen molar-refractivity contribution in [2.24, 2.45) is 0 Å². The van der Waals surface area contributed by atoms with Gasteiger partial charge < -0.3 is 19.5 Å². The number of halogens is 1. The van der Waals surface area contributed by atoms with Gasteiger partial charge in [0.25, 0.3) is 0 Å². The van der Waals surface area contributed by atoms with Gasteiger partial charge in [-0.3, -0.25) is 9.59 Å². The molecule has 0 fully saturated rings. The minimum Gasteiger partial charge on any atom is -0.501 e. The topological polar surface area (TPSA) is 116 Å². The summed E-state index contributed by atoms with van der Waals surface area (Å²) < 4.78 is 32.4. The fraction of sp³-hybridized carbons (Fsp3) is 0.467. The van der Waals surface area contributed by atoms with Crippen LogP contribution >= 0.6 is 11.3 Å². The van der Waals surface area contributed by atoms with Crippen molar-refractivity contribution < 1.29 is 18.5 Å². The number of nitrogens with zero attached hydrogens (tertiary/aromatic N) is 7. The predicted molar refractivity (Wildman–Crippen MR) is 171 cm³/mol. The number of carbonyl (C=O) groups is 1. The van der Waals surface area contributed by atoms with Gasteiger partial charge in [-0.1, -0.05) is 26.8 Å². The Balaban J connectivity index is 1.63. The zero-order valence-electron chi connectivity index (χ0n) is 25.8. The number of hydrogen-bond acceptors (Lipinski definition) is 8. The molecular formula is C30H40FN7O4S2. The third-order valence-corrected chi connectivity index (χ3v) is 9.76. The normalized spacial score (nSPS) is 12.5. The van der Waals surface area contributed by atoms with Crippen LogP contribution in [0.3, 0.4) is 0 Å². The van der Waals surface area contributed by atoms with E-state index in [4.69, 9.17) is 0 Å². The van der Waals surface area contributed by atoms with Crippen LogP contribution in [0.4, 0.5) is 4.39 Å². The van der Waals surface area contributed by atoms with Gasteiger partial charge in [0.15, 0.2) is 5.69 Å². The van der Waals surface area contributed by atoms with E-state index in [9.17, 15) is 23.3 Å². The molecule has 0 saturated heterocycles. The van der Waals surface area contributed by atoms with E-state index in [1.807, 2.05) is 39.8 Å². The second-order valence-corrected chi connectivity index (χ2v) is 13.3. The largest absolute Gasteiger partial charge is 0.501 e. The number of imidazole rings is 1. The highest BCUT2D eigenvalue weighted by Crippen LogP contribution is 2.31. The fourth-order valence-electron chi connectivity index (χ4n) is 4.82. The van der Waals surface area contributed by atoms with E-state index in [0.29, 0.717) is 54.6 Å². The number of carbonyl (C=O) groups excluding carboxylic acids is 1. The summed E-state index contributed by atoms with van der Waals surface area (Å²) in [5.74, 6) is -0.880. The molecule has 1 unspecified atom stereocenters. The Morgan fingerprint density at radius 2 is 1.82 bits per heavy atom. The third-order valence-electron chi connectivity index (χ3n) is 7.09. The highest BCUT2D eigenvalue weighted by Gasteiger charge is 2.22. The van der Waals surface area contributed by atoms with Crippen molar-refractivity contribution in [2.75, 3.05) is 46.8 Å². The molecule has 14 heteroatoms. The molecule has 1 amide bonds. The van der Waals surface area contributed by atoms with Gasteiger partial charge >= 0.3 is 5.56 Å². The SMILES string of the molecule is CCCN(CCC)C(=O)Cn1ccn2c(=O)c(O)c(-c3ncc(Cc4ccc(F)cc4S(=O)N(CC)CCN(C)C)s3)nc12. The van der Waals surface area contributed by atoms with Crippen molar-refractivity contribution in [2.45, 2.75) is 51.5 Å². The number of fused-ring (bicyclic) bond motifs is 1. The minimum atomic E-state index is -1.57. The molecule has 11 nitrogen and oxygen atoms in total. The van der Waals surface area contributed by atoms with E-state index in [1.165, 1.54) is 34.1 Å². The predicted octanol–water partition coefficient (Wildman–Crippen LogP) is 3.61. The van der Waals surface area contributed by atoms with Gasteiger partial charge in [-0.05, 0) is 44.6 Å². The molecule has 0 saturated carbocycles. The highest BCUT2D eigenvalue weighted by atomic mass is 32.2. The summed E-state index contributed by atoms with van der Waals surface area (Å²) in [7, 11) is 2.31.